The van der Waals surface area contributed by atoms with Gasteiger partial charge in [0.2, 0.25) is 10.0 Å². The molecule has 0 fully saturated rings. The molecule has 0 radical (unpaired) electrons. The molecule has 4 N–H and O–H groups in total. The molecule has 0 aliphatic carbocycles. The van der Waals surface area contributed by atoms with E-state index in [0.29, 0.717) is 12.2 Å². The minimum absolute atomic E-state index is 0.155. The van der Waals surface area contributed by atoms with Crippen molar-refractivity contribution >= 4 is 15.7 Å². The number of para-hydroxylation sites is 1. The van der Waals surface area contributed by atoms with Crippen LogP contribution in [-0.4, -0.2) is 24.5 Å². The first-order valence-electron chi connectivity index (χ1n) is 6.64. The summed E-state index contributed by atoms with van der Waals surface area (Å²) in [7, 11) is -3.55. The number of unbranched alkanes of at least 4 members (excludes halogenated alkanes) is 1. The van der Waals surface area contributed by atoms with Crippen molar-refractivity contribution < 1.29 is 8.42 Å². The Labute approximate surface area is 124 Å². The highest BCUT2D eigenvalue weighted by atomic mass is 32.2. The number of nitrogens with two attached hydrogens (primary N) is 1. The number of hydrogen-bond acceptors (Lipinski definition) is 5. The lowest BCUT2D eigenvalue weighted by Gasteiger charge is -2.10. The standard InChI is InChI=1S/C13H19N5O2S/c14-17-12-5-1-2-6-13(12)21(19,20)16-7-3-4-9-18-10-8-15-11-18/h1-2,5-6,8,10-11,16-17H,3-4,7,9,14H2. The van der Waals surface area contributed by atoms with Gasteiger partial charge in [-0.05, 0) is 25.0 Å². The second-order valence-electron chi connectivity index (χ2n) is 4.55. The van der Waals surface area contributed by atoms with Crippen LogP contribution in [0.25, 0.3) is 0 Å². The fourth-order valence-corrected chi connectivity index (χ4v) is 3.19. The number of sulfonamides is 1. The Bertz CT molecular complexity index is 655. The van der Waals surface area contributed by atoms with Crippen molar-refractivity contribution in [3.8, 4) is 0 Å². The van der Waals surface area contributed by atoms with Crippen molar-refractivity contribution in [3.63, 3.8) is 0 Å². The highest BCUT2D eigenvalue weighted by Crippen LogP contribution is 2.19. The van der Waals surface area contributed by atoms with E-state index in [1.165, 1.54) is 6.07 Å². The van der Waals surface area contributed by atoms with Gasteiger partial charge in [0.1, 0.15) is 4.90 Å². The number of rotatable bonds is 8. The fraction of sp³-hybridized carbons (Fsp3) is 0.308. The van der Waals surface area contributed by atoms with Crippen molar-refractivity contribution in [1.82, 2.24) is 14.3 Å². The molecule has 0 saturated carbocycles. The van der Waals surface area contributed by atoms with Crippen molar-refractivity contribution in [2.75, 3.05) is 12.0 Å². The minimum Gasteiger partial charge on any atom is -0.337 e. The third kappa shape index (κ3) is 4.28. The molecule has 0 amide bonds. The van der Waals surface area contributed by atoms with Crippen LogP contribution in [0, 0.1) is 0 Å². The molecular weight excluding hydrogens is 290 g/mol. The zero-order valence-electron chi connectivity index (χ0n) is 11.6. The summed E-state index contributed by atoms with van der Waals surface area (Å²) in [5.41, 5.74) is 2.77. The van der Waals surface area contributed by atoms with E-state index in [9.17, 15) is 8.42 Å². The van der Waals surface area contributed by atoms with E-state index in [1.807, 2.05) is 10.8 Å². The van der Waals surface area contributed by atoms with Gasteiger partial charge in [-0.15, -0.1) is 0 Å². The summed E-state index contributed by atoms with van der Waals surface area (Å²) in [5, 5.41) is 0. The van der Waals surface area contributed by atoms with Gasteiger partial charge in [0.05, 0.1) is 12.0 Å². The maximum atomic E-state index is 12.2. The number of hydrogen-bond donors (Lipinski definition) is 3. The Morgan fingerprint density at radius 1 is 1.24 bits per heavy atom. The number of hydrazine groups is 1. The number of benzene rings is 1. The summed E-state index contributed by atoms with van der Waals surface area (Å²) in [5.74, 6) is 5.33. The van der Waals surface area contributed by atoms with E-state index in [-0.39, 0.29) is 4.90 Å². The number of nitrogens with zero attached hydrogens (tertiary/aromatic N) is 2. The molecule has 0 saturated heterocycles. The van der Waals surface area contributed by atoms with E-state index in [2.05, 4.69) is 15.1 Å². The van der Waals surface area contributed by atoms with Crippen LogP contribution in [0.3, 0.4) is 0 Å². The molecule has 1 heterocycles. The van der Waals surface area contributed by atoms with Gasteiger partial charge >= 0.3 is 0 Å². The van der Waals surface area contributed by atoms with E-state index >= 15 is 0 Å². The predicted molar refractivity (Wildman–Crippen MR) is 80.9 cm³/mol. The van der Waals surface area contributed by atoms with Gasteiger partial charge in [0.15, 0.2) is 0 Å². The number of anilines is 1. The molecule has 114 valence electrons. The van der Waals surface area contributed by atoms with Gasteiger partial charge in [0, 0.05) is 25.5 Å². The van der Waals surface area contributed by atoms with Crippen LogP contribution in [0.4, 0.5) is 5.69 Å². The molecule has 0 bridgehead atoms. The van der Waals surface area contributed by atoms with Gasteiger partial charge in [-0.25, -0.2) is 18.1 Å². The Balaban J connectivity index is 1.84. The van der Waals surface area contributed by atoms with Gasteiger partial charge in [-0.2, -0.15) is 0 Å². The van der Waals surface area contributed by atoms with E-state index in [1.54, 1.807) is 30.7 Å². The molecule has 7 nitrogen and oxygen atoms in total. The normalized spacial score (nSPS) is 11.5. The Morgan fingerprint density at radius 3 is 2.76 bits per heavy atom. The monoisotopic (exact) mass is 309 g/mol. The maximum Gasteiger partial charge on any atom is 0.242 e. The average molecular weight is 309 g/mol. The molecule has 0 aliphatic heterocycles. The first-order valence-corrected chi connectivity index (χ1v) is 8.13. The largest absolute Gasteiger partial charge is 0.337 e. The fourth-order valence-electron chi connectivity index (χ4n) is 1.94. The topological polar surface area (TPSA) is 102 Å². The third-order valence-electron chi connectivity index (χ3n) is 3.03. The van der Waals surface area contributed by atoms with Crippen LogP contribution >= 0.6 is 0 Å². The molecule has 2 aromatic rings. The first kappa shape index (κ1) is 15.5. The number of aryl methyl sites for hydroxylation is 1. The average Bonchev–Trinajstić information content (AvgIpc) is 3.00. The van der Waals surface area contributed by atoms with Crippen molar-refractivity contribution in [2.24, 2.45) is 5.84 Å². The summed E-state index contributed by atoms with van der Waals surface area (Å²) in [4.78, 5) is 4.11. The highest BCUT2D eigenvalue weighted by Gasteiger charge is 2.16. The van der Waals surface area contributed by atoms with Crippen LogP contribution in [0.2, 0.25) is 0 Å². The second kappa shape index (κ2) is 7.21. The number of nitrogen functional groups attached to an aromatic ring is 1. The van der Waals surface area contributed by atoms with Gasteiger partial charge in [-0.3, -0.25) is 5.84 Å². The van der Waals surface area contributed by atoms with Crippen molar-refractivity contribution in [1.29, 1.82) is 0 Å². The second-order valence-corrected chi connectivity index (χ2v) is 6.28. The van der Waals surface area contributed by atoms with Crippen LogP contribution in [-0.2, 0) is 16.6 Å². The Hall–Kier alpha value is -1.90. The molecule has 0 atom stereocenters. The van der Waals surface area contributed by atoms with Crippen molar-refractivity contribution in [2.45, 2.75) is 24.3 Å². The minimum atomic E-state index is -3.55. The third-order valence-corrected chi connectivity index (χ3v) is 4.55. The van der Waals surface area contributed by atoms with Crippen LogP contribution in [0.1, 0.15) is 12.8 Å². The molecule has 0 aliphatic rings. The quantitative estimate of drug-likeness (QED) is 0.382. The molecule has 0 spiro atoms. The lowest BCUT2D eigenvalue weighted by atomic mass is 10.3. The molecule has 1 aromatic heterocycles. The van der Waals surface area contributed by atoms with Crippen LogP contribution in [0.5, 0.6) is 0 Å². The van der Waals surface area contributed by atoms with E-state index in [0.717, 1.165) is 19.4 Å². The van der Waals surface area contributed by atoms with Crippen LogP contribution < -0.4 is 16.0 Å². The van der Waals surface area contributed by atoms with E-state index in [4.69, 9.17) is 5.84 Å². The zero-order valence-corrected chi connectivity index (χ0v) is 12.4. The number of imidazole rings is 1. The maximum absolute atomic E-state index is 12.2. The lowest BCUT2D eigenvalue weighted by Crippen LogP contribution is -2.26. The first-order chi connectivity index (χ1) is 10.1. The highest BCUT2D eigenvalue weighted by molar-refractivity contribution is 7.89. The molecule has 2 rings (SSSR count). The summed E-state index contributed by atoms with van der Waals surface area (Å²) in [6.07, 6.45) is 6.96. The summed E-state index contributed by atoms with van der Waals surface area (Å²) >= 11 is 0. The summed E-state index contributed by atoms with van der Waals surface area (Å²) in [6, 6.07) is 6.52. The lowest BCUT2D eigenvalue weighted by molar-refractivity contribution is 0.566. The van der Waals surface area contributed by atoms with Crippen molar-refractivity contribution in [3.05, 3.63) is 43.0 Å². The summed E-state index contributed by atoms with van der Waals surface area (Å²) in [6.45, 7) is 1.21. The zero-order chi connectivity index (χ0) is 15.1. The van der Waals surface area contributed by atoms with E-state index < -0.39 is 10.0 Å². The Morgan fingerprint density at radius 2 is 2.05 bits per heavy atom. The molecule has 8 heteroatoms. The smallest absolute Gasteiger partial charge is 0.242 e. The summed E-state index contributed by atoms with van der Waals surface area (Å²) < 4.78 is 28.9. The number of nitrogens with one attached hydrogen (secondary N) is 2. The Kier molecular flexibility index (Phi) is 5.32. The molecule has 1 aromatic carbocycles. The molecule has 0 unspecified atom stereocenters. The molecule has 21 heavy (non-hydrogen) atoms. The molecular formula is C13H19N5O2S. The SMILES string of the molecule is NNc1ccccc1S(=O)(=O)NCCCCn1ccnc1. The number of aromatic nitrogens is 2. The van der Waals surface area contributed by atoms with Gasteiger partial charge < -0.3 is 9.99 Å². The van der Waals surface area contributed by atoms with Gasteiger partial charge in [0.25, 0.3) is 0 Å². The van der Waals surface area contributed by atoms with Crippen LogP contribution in [0.15, 0.2) is 47.9 Å². The van der Waals surface area contributed by atoms with Gasteiger partial charge in [-0.1, -0.05) is 12.1 Å². The predicted octanol–water partition coefficient (Wildman–Crippen LogP) is 0.927.